The van der Waals surface area contributed by atoms with Crippen molar-refractivity contribution in [2.75, 3.05) is 48.9 Å². The highest BCUT2D eigenvalue weighted by Crippen LogP contribution is 2.29. The molecule has 0 atom stereocenters. The quantitative estimate of drug-likeness (QED) is 0.493. The molecule has 31 heavy (non-hydrogen) atoms. The molecule has 1 fully saturated rings. The van der Waals surface area contributed by atoms with Crippen molar-refractivity contribution in [3.8, 4) is 0 Å². The van der Waals surface area contributed by atoms with Gasteiger partial charge in [0.05, 0.1) is 12.2 Å². The number of halogens is 1. The maximum absolute atomic E-state index is 12.9. The fourth-order valence-electron chi connectivity index (χ4n) is 3.54. The lowest BCUT2D eigenvalue weighted by Gasteiger charge is -2.33. The number of carbonyl (C=O) groups excluding carboxylic acids is 2. The van der Waals surface area contributed by atoms with Gasteiger partial charge in [0, 0.05) is 48.3 Å². The Morgan fingerprint density at radius 3 is 2.48 bits per heavy atom. The molecule has 1 aliphatic rings. The largest absolute Gasteiger partial charge is 0.383 e. The number of nitrogens with one attached hydrogen (secondary N) is 3. The molecule has 166 valence electrons. The SMILES string of the molecule is COCCNC(=O)c1cc(NC(=O)Nc2cccc(Br)c2)ccc1N1CCC(C)CC1. The van der Waals surface area contributed by atoms with Gasteiger partial charge in [-0.25, -0.2) is 4.79 Å². The monoisotopic (exact) mass is 488 g/mol. The summed E-state index contributed by atoms with van der Waals surface area (Å²) in [6.45, 7) is 4.94. The van der Waals surface area contributed by atoms with E-state index in [4.69, 9.17) is 4.74 Å². The molecule has 1 saturated heterocycles. The lowest BCUT2D eigenvalue weighted by molar-refractivity contribution is 0.0937. The second kappa shape index (κ2) is 11.2. The Morgan fingerprint density at radius 1 is 1.10 bits per heavy atom. The molecule has 3 amide bonds. The fraction of sp³-hybridized carbons (Fsp3) is 0.391. The first-order chi connectivity index (χ1) is 15.0. The van der Waals surface area contributed by atoms with Gasteiger partial charge in [-0.1, -0.05) is 28.9 Å². The van der Waals surface area contributed by atoms with Crippen LogP contribution in [0.5, 0.6) is 0 Å². The number of benzene rings is 2. The molecule has 0 saturated carbocycles. The molecule has 0 spiro atoms. The van der Waals surface area contributed by atoms with Gasteiger partial charge in [0.25, 0.3) is 5.91 Å². The van der Waals surface area contributed by atoms with Gasteiger partial charge >= 0.3 is 6.03 Å². The van der Waals surface area contributed by atoms with Crippen LogP contribution in [0.3, 0.4) is 0 Å². The number of hydrogen-bond donors (Lipinski definition) is 3. The maximum atomic E-state index is 12.9. The van der Waals surface area contributed by atoms with Crippen LogP contribution in [0.2, 0.25) is 0 Å². The number of methoxy groups -OCH3 is 1. The summed E-state index contributed by atoms with van der Waals surface area (Å²) in [6, 6.07) is 12.5. The molecule has 8 heteroatoms. The van der Waals surface area contributed by atoms with Crippen molar-refractivity contribution in [2.45, 2.75) is 19.8 Å². The Morgan fingerprint density at radius 2 is 1.81 bits per heavy atom. The highest BCUT2D eigenvalue weighted by molar-refractivity contribution is 9.10. The standard InChI is InChI=1S/C23H29BrN4O3/c1-16-8-11-28(12-9-16)21-7-6-19(15-20(21)22(29)25-10-13-31-2)27-23(30)26-18-5-3-4-17(24)14-18/h3-7,14-16H,8-13H2,1-2H3,(H,25,29)(H2,26,27,30). The topological polar surface area (TPSA) is 82.7 Å². The predicted molar refractivity (Wildman–Crippen MR) is 128 cm³/mol. The second-order valence-corrected chi connectivity index (χ2v) is 8.66. The van der Waals surface area contributed by atoms with Crippen LogP contribution in [0.25, 0.3) is 0 Å². The summed E-state index contributed by atoms with van der Waals surface area (Å²) in [4.78, 5) is 27.6. The molecular weight excluding hydrogens is 460 g/mol. The normalized spacial score (nSPS) is 14.2. The average molecular weight is 489 g/mol. The van der Waals surface area contributed by atoms with Gasteiger partial charge in [-0.2, -0.15) is 0 Å². The molecule has 7 nitrogen and oxygen atoms in total. The van der Waals surface area contributed by atoms with Crippen molar-refractivity contribution >= 4 is 44.9 Å². The molecule has 3 rings (SSSR count). The van der Waals surface area contributed by atoms with Crippen molar-refractivity contribution in [2.24, 2.45) is 5.92 Å². The number of nitrogens with zero attached hydrogens (tertiary/aromatic N) is 1. The summed E-state index contributed by atoms with van der Waals surface area (Å²) in [6.07, 6.45) is 2.19. The Labute approximate surface area is 191 Å². The van der Waals surface area contributed by atoms with E-state index in [2.05, 4.69) is 43.7 Å². The van der Waals surface area contributed by atoms with Crippen molar-refractivity contribution in [3.05, 3.63) is 52.5 Å². The molecular formula is C23H29BrN4O3. The molecule has 0 aromatic heterocycles. The molecule has 0 aliphatic carbocycles. The summed E-state index contributed by atoms with van der Waals surface area (Å²) in [7, 11) is 1.60. The van der Waals surface area contributed by atoms with E-state index in [1.807, 2.05) is 30.3 Å². The zero-order chi connectivity index (χ0) is 22.2. The van der Waals surface area contributed by atoms with Crippen LogP contribution in [0.1, 0.15) is 30.1 Å². The van der Waals surface area contributed by atoms with Gasteiger partial charge in [0.2, 0.25) is 0 Å². The minimum absolute atomic E-state index is 0.179. The summed E-state index contributed by atoms with van der Waals surface area (Å²) in [5.74, 6) is 0.514. The van der Waals surface area contributed by atoms with E-state index in [1.54, 1.807) is 19.2 Å². The zero-order valence-electron chi connectivity index (χ0n) is 17.9. The van der Waals surface area contributed by atoms with Crippen LogP contribution >= 0.6 is 15.9 Å². The van der Waals surface area contributed by atoms with Crippen LogP contribution in [0.15, 0.2) is 46.9 Å². The Kier molecular flexibility index (Phi) is 8.31. The summed E-state index contributed by atoms with van der Waals surface area (Å²) in [5, 5.41) is 8.51. The van der Waals surface area contributed by atoms with E-state index in [-0.39, 0.29) is 11.9 Å². The Hall–Kier alpha value is -2.58. The van der Waals surface area contributed by atoms with Crippen molar-refractivity contribution in [1.29, 1.82) is 0 Å². The lowest BCUT2D eigenvalue weighted by atomic mass is 9.98. The van der Waals surface area contributed by atoms with Gasteiger partial charge in [0.1, 0.15) is 0 Å². The molecule has 1 heterocycles. The Bertz CT molecular complexity index is 913. The van der Waals surface area contributed by atoms with Crippen molar-refractivity contribution in [3.63, 3.8) is 0 Å². The lowest BCUT2D eigenvalue weighted by Crippen LogP contribution is -2.35. The van der Waals surface area contributed by atoms with Gasteiger partial charge in [-0.05, 0) is 55.2 Å². The first-order valence-electron chi connectivity index (χ1n) is 10.5. The van der Waals surface area contributed by atoms with E-state index < -0.39 is 0 Å². The van der Waals surface area contributed by atoms with E-state index >= 15 is 0 Å². The molecule has 2 aromatic carbocycles. The molecule has 0 unspecified atom stereocenters. The van der Waals surface area contributed by atoms with E-state index in [0.29, 0.717) is 36.0 Å². The minimum atomic E-state index is -0.372. The van der Waals surface area contributed by atoms with Gasteiger partial charge < -0.3 is 25.6 Å². The number of carbonyl (C=O) groups is 2. The number of amides is 3. The van der Waals surface area contributed by atoms with Crippen molar-refractivity contribution in [1.82, 2.24) is 5.32 Å². The first kappa shape index (κ1) is 23.1. The van der Waals surface area contributed by atoms with Gasteiger partial charge in [-0.15, -0.1) is 0 Å². The molecule has 0 bridgehead atoms. The third kappa shape index (κ3) is 6.70. The predicted octanol–water partition coefficient (Wildman–Crippen LogP) is 4.71. The van der Waals surface area contributed by atoms with Gasteiger partial charge in [-0.3, -0.25) is 4.79 Å². The summed E-state index contributed by atoms with van der Waals surface area (Å²) < 4.78 is 5.91. The first-order valence-corrected chi connectivity index (χ1v) is 11.3. The third-order valence-electron chi connectivity index (χ3n) is 5.30. The number of piperidine rings is 1. The van der Waals surface area contributed by atoms with Gasteiger partial charge in [0.15, 0.2) is 0 Å². The second-order valence-electron chi connectivity index (χ2n) is 7.74. The number of ether oxygens (including phenoxy) is 1. The highest BCUT2D eigenvalue weighted by Gasteiger charge is 2.21. The van der Waals surface area contributed by atoms with E-state index in [9.17, 15) is 9.59 Å². The number of urea groups is 1. The van der Waals surface area contributed by atoms with E-state index in [1.165, 1.54) is 0 Å². The van der Waals surface area contributed by atoms with Crippen LogP contribution in [-0.4, -0.2) is 45.3 Å². The van der Waals surface area contributed by atoms with Crippen LogP contribution in [0, 0.1) is 5.92 Å². The van der Waals surface area contributed by atoms with Crippen molar-refractivity contribution < 1.29 is 14.3 Å². The molecule has 0 radical (unpaired) electrons. The number of hydrogen-bond acceptors (Lipinski definition) is 4. The van der Waals surface area contributed by atoms with Crippen LogP contribution in [0.4, 0.5) is 21.9 Å². The number of anilines is 3. The number of rotatable bonds is 7. The average Bonchev–Trinajstić information content (AvgIpc) is 2.74. The third-order valence-corrected chi connectivity index (χ3v) is 5.79. The fourth-order valence-corrected chi connectivity index (χ4v) is 3.94. The van der Waals surface area contributed by atoms with Crippen LogP contribution in [-0.2, 0) is 4.74 Å². The Balaban J connectivity index is 1.76. The van der Waals surface area contributed by atoms with Crippen LogP contribution < -0.4 is 20.9 Å². The smallest absolute Gasteiger partial charge is 0.323 e. The van der Waals surface area contributed by atoms with E-state index in [0.717, 1.165) is 36.1 Å². The summed E-state index contributed by atoms with van der Waals surface area (Å²) >= 11 is 3.39. The molecule has 1 aliphatic heterocycles. The maximum Gasteiger partial charge on any atom is 0.323 e. The zero-order valence-corrected chi connectivity index (χ0v) is 19.5. The highest BCUT2D eigenvalue weighted by atomic mass is 79.9. The molecule has 2 aromatic rings. The molecule has 3 N–H and O–H groups in total. The summed E-state index contributed by atoms with van der Waals surface area (Å²) in [5.41, 5.74) is 2.66. The minimum Gasteiger partial charge on any atom is -0.383 e.